The van der Waals surface area contributed by atoms with Crippen LogP contribution in [0, 0.1) is 0 Å². The van der Waals surface area contributed by atoms with E-state index >= 15 is 0 Å². The van der Waals surface area contributed by atoms with E-state index in [1.165, 1.54) is 54.2 Å². The Hall–Kier alpha value is -9.19. The fourth-order valence-electron chi connectivity index (χ4n) is 10.7. The molecule has 0 radical (unpaired) electrons. The van der Waals surface area contributed by atoms with E-state index in [2.05, 4.69) is 221 Å². The highest BCUT2D eigenvalue weighted by Crippen LogP contribution is 2.44. The molecule has 0 fully saturated rings. The maximum atomic E-state index is 5.31. The van der Waals surface area contributed by atoms with Gasteiger partial charge in [-0.2, -0.15) is 9.97 Å². The van der Waals surface area contributed by atoms with Crippen molar-refractivity contribution < 1.29 is 0 Å². The van der Waals surface area contributed by atoms with Crippen molar-refractivity contribution in [3.05, 3.63) is 237 Å². The van der Waals surface area contributed by atoms with E-state index in [1.54, 1.807) is 0 Å². The predicted octanol–water partition coefficient (Wildman–Crippen LogP) is 16.2. The molecule has 0 unspecified atom stereocenters. The van der Waals surface area contributed by atoms with Crippen LogP contribution in [0.4, 0.5) is 0 Å². The topological polar surface area (TPSA) is 48.5 Å². The number of hydrogen-bond acceptors (Lipinski definition) is 3. The average Bonchev–Trinajstić information content (AvgIpc) is 3.94. The fourth-order valence-corrected chi connectivity index (χ4v) is 10.7. The van der Waals surface area contributed by atoms with Gasteiger partial charge in [0, 0.05) is 38.2 Å². The van der Waals surface area contributed by atoms with Crippen molar-refractivity contribution in [1.29, 1.82) is 0 Å². The zero-order chi connectivity index (χ0) is 44.7. The highest BCUT2D eigenvalue weighted by molar-refractivity contribution is 6.29. The van der Waals surface area contributed by atoms with Crippen LogP contribution >= 0.6 is 0 Å². The molecule has 0 bridgehead atoms. The Morgan fingerprint density at radius 1 is 0.250 bits per heavy atom. The van der Waals surface area contributed by atoms with Crippen molar-refractivity contribution in [3.8, 4) is 56.7 Å². The molecule has 0 amide bonds. The smallest absolute Gasteiger partial charge is 0.238 e. The molecule has 3 heterocycles. The lowest BCUT2D eigenvalue weighted by atomic mass is 9.92. The first-order valence-electron chi connectivity index (χ1n) is 23.1. The molecule has 0 atom stereocenters. The minimum absolute atomic E-state index is 0.567. The van der Waals surface area contributed by atoms with Crippen molar-refractivity contribution in [1.82, 2.24) is 24.1 Å². The second-order valence-corrected chi connectivity index (χ2v) is 17.5. The number of para-hydroxylation sites is 3. The normalized spacial score (nSPS) is 11.8. The Morgan fingerprint density at radius 3 is 1.28 bits per heavy atom. The lowest BCUT2D eigenvalue weighted by molar-refractivity contribution is 0.953. The Labute approximate surface area is 391 Å². The first kappa shape index (κ1) is 38.1. The molecule has 5 nitrogen and oxygen atoms in total. The molecule has 0 N–H and O–H groups in total. The molecule has 5 heteroatoms. The average molecular weight is 866 g/mol. The number of hydrogen-bond donors (Lipinski definition) is 0. The second-order valence-electron chi connectivity index (χ2n) is 17.5. The highest BCUT2D eigenvalue weighted by Gasteiger charge is 2.24. The van der Waals surface area contributed by atoms with Gasteiger partial charge in [-0.05, 0) is 85.4 Å². The van der Waals surface area contributed by atoms with Crippen LogP contribution in [0.2, 0.25) is 0 Å². The van der Waals surface area contributed by atoms with Crippen LogP contribution in [0.5, 0.6) is 0 Å². The molecule has 0 aliphatic heterocycles. The molecular weight excluding hydrogens is 827 g/mol. The summed E-state index contributed by atoms with van der Waals surface area (Å²) in [5.74, 6) is 1.80. The van der Waals surface area contributed by atoms with Gasteiger partial charge in [0.25, 0.3) is 0 Å². The SMILES string of the molecule is c1ccc(-c2ccc(-c3nc(-c4ccccc4)nc(-n4c5ccccc5c5c6c7ccccc7n(-c7ccccc7-c7ccc8c9ccccc9c9ccccc9c8c7)c6ccc54)n3)cc2)cc1. The predicted molar refractivity (Wildman–Crippen MR) is 283 cm³/mol. The molecule has 68 heavy (non-hydrogen) atoms. The fraction of sp³-hybridized carbons (Fsp3) is 0. The number of aromatic nitrogens is 5. The van der Waals surface area contributed by atoms with Crippen LogP contribution in [0.1, 0.15) is 0 Å². The van der Waals surface area contributed by atoms with Gasteiger partial charge in [-0.1, -0.05) is 200 Å². The van der Waals surface area contributed by atoms with Crippen molar-refractivity contribution in [2.45, 2.75) is 0 Å². The summed E-state index contributed by atoms with van der Waals surface area (Å²) in [6, 6.07) is 84.6. The van der Waals surface area contributed by atoms with Gasteiger partial charge in [0.15, 0.2) is 11.6 Å². The lowest BCUT2D eigenvalue weighted by Gasteiger charge is -2.16. The summed E-state index contributed by atoms with van der Waals surface area (Å²) in [5, 5.41) is 12.3. The molecule has 316 valence electrons. The summed E-state index contributed by atoms with van der Waals surface area (Å²) in [7, 11) is 0. The number of benzene rings is 11. The Morgan fingerprint density at radius 2 is 0.662 bits per heavy atom. The van der Waals surface area contributed by atoms with Gasteiger partial charge < -0.3 is 4.57 Å². The third-order valence-electron chi connectivity index (χ3n) is 13.8. The van der Waals surface area contributed by atoms with E-state index in [9.17, 15) is 0 Å². The summed E-state index contributed by atoms with van der Waals surface area (Å²) in [4.78, 5) is 15.7. The second kappa shape index (κ2) is 15.2. The Bertz CT molecular complexity index is 4270. The van der Waals surface area contributed by atoms with Crippen molar-refractivity contribution in [2.24, 2.45) is 0 Å². The molecule has 0 saturated carbocycles. The van der Waals surface area contributed by atoms with Crippen LogP contribution in [0.15, 0.2) is 237 Å². The Balaban J connectivity index is 0.994. The molecule has 11 aromatic carbocycles. The van der Waals surface area contributed by atoms with Crippen LogP contribution in [0.25, 0.3) is 133 Å². The summed E-state index contributed by atoms with van der Waals surface area (Å²) in [6.45, 7) is 0. The van der Waals surface area contributed by atoms with Crippen LogP contribution < -0.4 is 0 Å². The molecule has 14 aromatic rings. The minimum Gasteiger partial charge on any atom is -0.309 e. The summed E-state index contributed by atoms with van der Waals surface area (Å²) < 4.78 is 4.69. The first-order chi connectivity index (χ1) is 33.7. The first-order valence-corrected chi connectivity index (χ1v) is 23.1. The van der Waals surface area contributed by atoms with Crippen LogP contribution in [0.3, 0.4) is 0 Å². The van der Waals surface area contributed by atoms with Gasteiger partial charge in [0.2, 0.25) is 5.95 Å². The molecule has 0 aliphatic rings. The summed E-state index contributed by atoms with van der Waals surface area (Å²) in [5.41, 5.74) is 11.9. The van der Waals surface area contributed by atoms with Gasteiger partial charge in [-0.15, -0.1) is 0 Å². The number of fused-ring (bicyclic) bond motifs is 13. The van der Waals surface area contributed by atoms with Crippen LogP contribution in [-0.4, -0.2) is 24.1 Å². The van der Waals surface area contributed by atoms with E-state index in [0.717, 1.165) is 60.8 Å². The highest BCUT2D eigenvalue weighted by atomic mass is 15.2. The van der Waals surface area contributed by atoms with Gasteiger partial charge >= 0.3 is 0 Å². The van der Waals surface area contributed by atoms with Gasteiger partial charge in [-0.3, -0.25) is 4.57 Å². The summed E-state index contributed by atoms with van der Waals surface area (Å²) in [6.07, 6.45) is 0. The van der Waals surface area contributed by atoms with Crippen molar-refractivity contribution >= 4 is 75.9 Å². The van der Waals surface area contributed by atoms with Crippen LogP contribution in [-0.2, 0) is 0 Å². The standard InChI is InChI=1S/C63H39N5/c1-3-17-40(18-4-1)41-31-33-43(34-32-41)62-64-61(42-19-5-2-6-20-42)65-63(66-62)68-56-30-16-13-27-52(56)60-58(68)38-37-57-59(60)51-26-12-15-29-55(51)67(57)54-28-14-11-21-45(54)44-35-36-50-48-24-8-7-22-46(48)47-23-9-10-25-49(47)53(50)39-44/h1-39H. The summed E-state index contributed by atoms with van der Waals surface area (Å²) >= 11 is 0. The maximum Gasteiger partial charge on any atom is 0.238 e. The molecule has 0 aliphatic carbocycles. The molecule has 0 saturated heterocycles. The third-order valence-corrected chi connectivity index (χ3v) is 13.8. The third kappa shape index (κ3) is 5.86. The lowest BCUT2D eigenvalue weighted by Crippen LogP contribution is -2.06. The van der Waals surface area contributed by atoms with Gasteiger partial charge in [0.05, 0.1) is 27.8 Å². The zero-order valence-electron chi connectivity index (χ0n) is 36.8. The van der Waals surface area contributed by atoms with E-state index in [4.69, 9.17) is 15.0 Å². The van der Waals surface area contributed by atoms with Crippen molar-refractivity contribution in [3.63, 3.8) is 0 Å². The molecule has 0 spiro atoms. The van der Waals surface area contributed by atoms with E-state index < -0.39 is 0 Å². The molecule has 14 rings (SSSR count). The van der Waals surface area contributed by atoms with Gasteiger partial charge in [-0.25, -0.2) is 4.98 Å². The molecular formula is C63H39N5. The zero-order valence-corrected chi connectivity index (χ0v) is 36.8. The quantitative estimate of drug-likeness (QED) is 0.156. The van der Waals surface area contributed by atoms with E-state index in [-0.39, 0.29) is 0 Å². The van der Waals surface area contributed by atoms with E-state index in [1.807, 2.05) is 24.3 Å². The maximum absolute atomic E-state index is 5.31. The number of rotatable bonds is 6. The molecule has 3 aromatic heterocycles. The van der Waals surface area contributed by atoms with Gasteiger partial charge in [0.1, 0.15) is 0 Å². The largest absolute Gasteiger partial charge is 0.309 e. The van der Waals surface area contributed by atoms with E-state index in [0.29, 0.717) is 17.6 Å². The monoisotopic (exact) mass is 865 g/mol. The Kier molecular flexibility index (Phi) is 8.52. The minimum atomic E-state index is 0.567. The van der Waals surface area contributed by atoms with Crippen molar-refractivity contribution in [2.75, 3.05) is 0 Å². The number of nitrogens with zero attached hydrogens (tertiary/aromatic N) is 5.